The molecule has 2 aromatic heterocycles. The van der Waals surface area contributed by atoms with Gasteiger partial charge in [-0.1, -0.05) is 30.3 Å². The summed E-state index contributed by atoms with van der Waals surface area (Å²) in [4.78, 5) is 12.1. The second-order valence-electron chi connectivity index (χ2n) is 9.77. The zero-order valence-electron chi connectivity index (χ0n) is 21.5. The minimum Gasteiger partial charge on any atom is -0.491 e. The van der Waals surface area contributed by atoms with Gasteiger partial charge >= 0.3 is 12.4 Å². The van der Waals surface area contributed by atoms with Gasteiger partial charge in [0.05, 0.1) is 16.5 Å². The van der Waals surface area contributed by atoms with Crippen LogP contribution in [0.15, 0.2) is 60.2 Å². The van der Waals surface area contributed by atoms with Crippen molar-refractivity contribution in [1.82, 2.24) is 15.3 Å². The highest BCUT2D eigenvalue weighted by Gasteiger charge is 2.37. The van der Waals surface area contributed by atoms with Crippen molar-refractivity contribution in [3.63, 3.8) is 0 Å². The molecule has 1 aliphatic heterocycles. The quantitative estimate of drug-likeness (QED) is 0.230. The number of aliphatic hydroxyl groups excluding tert-OH is 1. The van der Waals surface area contributed by atoms with Crippen LogP contribution in [-0.2, 0) is 12.4 Å². The van der Waals surface area contributed by atoms with Crippen LogP contribution in [-0.4, -0.2) is 53.5 Å². The van der Waals surface area contributed by atoms with Crippen LogP contribution in [0.4, 0.5) is 32.2 Å². The van der Waals surface area contributed by atoms with Crippen LogP contribution in [0.5, 0.6) is 5.75 Å². The number of thiophene rings is 1. The first kappa shape index (κ1) is 29.1. The van der Waals surface area contributed by atoms with Crippen molar-refractivity contribution >= 4 is 27.4 Å². The van der Waals surface area contributed by atoms with E-state index in [-0.39, 0.29) is 18.7 Å². The Morgan fingerprint density at radius 3 is 2.27 bits per heavy atom. The Labute approximate surface area is 235 Å². The Balaban J connectivity index is 1.16. The second-order valence-corrected chi connectivity index (χ2v) is 10.6. The van der Waals surface area contributed by atoms with Gasteiger partial charge in [-0.15, -0.1) is 11.3 Å². The van der Waals surface area contributed by atoms with Gasteiger partial charge in [0.1, 0.15) is 35.4 Å². The minimum absolute atomic E-state index is 0.0323. The van der Waals surface area contributed by atoms with Gasteiger partial charge in [0, 0.05) is 36.6 Å². The largest absolute Gasteiger partial charge is 0.491 e. The van der Waals surface area contributed by atoms with E-state index in [2.05, 4.69) is 25.6 Å². The van der Waals surface area contributed by atoms with E-state index < -0.39 is 41.9 Å². The number of alkyl halides is 6. The van der Waals surface area contributed by atoms with Crippen molar-refractivity contribution in [2.75, 3.05) is 31.1 Å². The Morgan fingerprint density at radius 2 is 1.63 bits per heavy atom. The fourth-order valence-electron chi connectivity index (χ4n) is 4.79. The van der Waals surface area contributed by atoms with Gasteiger partial charge < -0.3 is 20.1 Å². The van der Waals surface area contributed by atoms with Crippen molar-refractivity contribution in [1.29, 1.82) is 0 Å². The molecule has 1 atom stereocenters. The number of hydrogen-bond acceptors (Lipinski definition) is 7. The molecular weight excluding hydrogens is 570 g/mol. The highest BCUT2D eigenvalue weighted by Crippen LogP contribution is 2.39. The molecule has 6 nitrogen and oxygen atoms in total. The topological polar surface area (TPSA) is 70.5 Å². The van der Waals surface area contributed by atoms with Crippen LogP contribution in [0.3, 0.4) is 0 Å². The van der Waals surface area contributed by atoms with Crippen molar-refractivity contribution < 1.29 is 36.2 Å². The molecule has 41 heavy (non-hydrogen) atoms. The first-order chi connectivity index (χ1) is 19.5. The van der Waals surface area contributed by atoms with Crippen LogP contribution in [0.1, 0.15) is 24.0 Å². The van der Waals surface area contributed by atoms with Crippen molar-refractivity contribution in [2.24, 2.45) is 0 Å². The van der Waals surface area contributed by atoms with E-state index in [1.165, 1.54) is 0 Å². The second kappa shape index (κ2) is 11.8. The van der Waals surface area contributed by atoms with E-state index in [9.17, 15) is 31.4 Å². The number of nitrogens with one attached hydrogen (secondary N) is 1. The number of aliphatic hydroxyl groups is 1. The molecule has 1 saturated heterocycles. The molecule has 218 valence electrons. The molecule has 5 rings (SSSR count). The van der Waals surface area contributed by atoms with E-state index in [4.69, 9.17) is 4.74 Å². The molecule has 0 amide bonds. The van der Waals surface area contributed by atoms with Crippen molar-refractivity contribution in [3.05, 3.63) is 71.4 Å². The molecule has 2 aromatic carbocycles. The molecule has 1 aliphatic rings. The van der Waals surface area contributed by atoms with Gasteiger partial charge in [-0.25, -0.2) is 9.97 Å². The van der Waals surface area contributed by atoms with E-state index in [1.54, 1.807) is 17.7 Å². The Morgan fingerprint density at radius 1 is 0.976 bits per heavy atom. The summed E-state index contributed by atoms with van der Waals surface area (Å²) in [6.07, 6.45) is -8.04. The number of halogens is 6. The Bertz CT molecular complexity index is 1440. The third kappa shape index (κ3) is 6.91. The first-order valence-electron chi connectivity index (χ1n) is 12.9. The number of nitrogens with zero attached hydrogens (tertiary/aromatic N) is 3. The van der Waals surface area contributed by atoms with Crippen LogP contribution in [0.25, 0.3) is 21.3 Å². The molecule has 3 heterocycles. The summed E-state index contributed by atoms with van der Waals surface area (Å²) in [6, 6.07) is 11.1. The standard InChI is InChI=1S/C28H26F6N4O2S/c29-27(30,31)18-10-19(28(32,33)34)12-22(11-18)40-14-21(39)13-35-20-6-8-38(9-7-20)25-24-23(17-4-2-1-3-5-17)15-41-26(24)37-16-36-25/h1-5,10-12,15-16,20-21,35,39H,6-9,13-14H2. The number of anilines is 1. The highest BCUT2D eigenvalue weighted by molar-refractivity contribution is 7.17. The zero-order valence-corrected chi connectivity index (χ0v) is 22.4. The highest BCUT2D eigenvalue weighted by atomic mass is 32.1. The predicted octanol–water partition coefficient (Wildman–Crippen LogP) is 6.39. The van der Waals surface area contributed by atoms with E-state index in [0.717, 1.165) is 40.0 Å². The summed E-state index contributed by atoms with van der Waals surface area (Å²) in [5.41, 5.74) is -0.781. The number of ether oxygens (including phenoxy) is 1. The Hall–Kier alpha value is -3.42. The van der Waals surface area contributed by atoms with Crippen LogP contribution in [0, 0.1) is 0 Å². The Kier molecular flexibility index (Phi) is 8.39. The predicted molar refractivity (Wildman–Crippen MR) is 144 cm³/mol. The number of aromatic nitrogens is 2. The summed E-state index contributed by atoms with van der Waals surface area (Å²) in [5, 5.41) is 16.6. The molecule has 0 radical (unpaired) electrons. The summed E-state index contributed by atoms with van der Waals surface area (Å²) in [6.45, 7) is 0.996. The zero-order chi connectivity index (χ0) is 29.2. The van der Waals surface area contributed by atoms with Gasteiger partial charge in [-0.3, -0.25) is 0 Å². The monoisotopic (exact) mass is 596 g/mol. The van der Waals surface area contributed by atoms with Crippen LogP contribution in [0.2, 0.25) is 0 Å². The summed E-state index contributed by atoms with van der Waals surface area (Å²) in [7, 11) is 0. The minimum atomic E-state index is -4.97. The molecule has 13 heteroatoms. The number of hydrogen-bond donors (Lipinski definition) is 2. The maximum Gasteiger partial charge on any atom is 0.416 e. The normalized spacial score (nSPS) is 15.8. The molecule has 0 aliphatic carbocycles. The molecular formula is C28H26F6N4O2S. The molecule has 0 saturated carbocycles. The van der Waals surface area contributed by atoms with Gasteiger partial charge in [-0.05, 0) is 36.6 Å². The van der Waals surface area contributed by atoms with Crippen LogP contribution < -0.4 is 15.0 Å². The fraction of sp³-hybridized carbons (Fsp3) is 0.357. The van der Waals surface area contributed by atoms with E-state index >= 15 is 0 Å². The summed E-state index contributed by atoms with van der Waals surface area (Å²) in [5.74, 6) is 0.250. The van der Waals surface area contributed by atoms with E-state index in [0.29, 0.717) is 25.2 Å². The maximum atomic E-state index is 13.1. The SMILES string of the molecule is OC(CNC1CCN(c2ncnc3scc(-c4ccccc4)c23)CC1)COc1cc(C(F)(F)F)cc(C(F)(F)F)c1. The molecule has 1 unspecified atom stereocenters. The van der Waals surface area contributed by atoms with Crippen LogP contribution >= 0.6 is 11.3 Å². The average Bonchev–Trinajstić information content (AvgIpc) is 3.39. The average molecular weight is 597 g/mol. The fourth-order valence-corrected chi connectivity index (χ4v) is 5.70. The third-order valence-corrected chi connectivity index (χ3v) is 7.76. The number of rotatable bonds is 8. The lowest BCUT2D eigenvalue weighted by Gasteiger charge is -2.34. The van der Waals surface area contributed by atoms with Crippen molar-refractivity contribution in [3.8, 4) is 16.9 Å². The lowest BCUT2D eigenvalue weighted by molar-refractivity contribution is -0.143. The van der Waals surface area contributed by atoms with Gasteiger partial charge in [0.15, 0.2) is 0 Å². The van der Waals surface area contributed by atoms with E-state index in [1.807, 2.05) is 30.3 Å². The lowest BCUT2D eigenvalue weighted by atomic mass is 10.0. The maximum absolute atomic E-state index is 13.1. The molecule has 4 aromatic rings. The molecule has 0 spiro atoms. The smallest absolute Gasteiger partial charge is 0.416 e. The lowest BCUT2D eigenvalue weighted by Crippen LogP contribution is -2.45. The number of piperidine rings is 1. The first-order valence-corrected chi connectivity index (χ1v) is 13.7. The van der Waals surface area contributed by atoms with Crippen molar-refractivity contribution in [2.45, 2.75) is 37.3 Å². The summed E-state index contributed by atoms with van der Waals surface area (Å²) < 4.78 is 83.5. The molecule has 2 N–H and O–H groups in total. The van der Waals surface area contributed by atoms with Gasteiger partial charge in [0.25, 0.3) is 0 Å². The molecule has 0 bridgehead atoms. The molecule has 1 fully saturated rings. The van der Waals surface area contributed by atoms with Gasteiger partial charge in [-0.2, -0.15) is 26.3 Å². The number of fused-ring (bicyclic) bond motifs is 1. The summed E-state index contributed by atoms with van der Waals surface area (Å²) >= 11 is 1.56. The van der Waals surface area contributed by atoms with Gasteiger partial charge in [0.2, 0.25) is 0 Å². The third-order valence-electron chi connectivity index (χ3n) is 6.88. The number of benzene rings is 2.